The van der Waals surface area contributed by atoms with Gasteiger partial charge in [0, 0.05) is 19.0 Å². The number of urea groups is 1. The lowest BCUT2D eigenvalue weighted by atomic mass is 10.3. The molecule has 0 fully saturated rings. The van der Waals surface area contributed by atoms with Gasteiger partial charge >= 0.3 is 6.03 Å². The van der Waals surface area contributed by atoms with E-state index in [4.69, 9.17) is 0 Å². The van der Waals surface area contributed by atoms with Crippen LogP contribution in [0.25, 0.3) is 0 Å². The largest absolute Gasteiger partial charge is 0.338 e. The molecule has 0 heterocycles. The summed E-state index contributed by atoms with van der Waals surface area (Å²) in [5, 5.41) is 5.23. The SMILES string of the molecule is CC(=O)CCNC(=O)NC(C)C. The number of carbonyl (C=O) groups is 2. The summed E-state index contributed by atoms with van der Waals surface area (Å²) in [4.78, 5) is 21.4. The molecule has 0 bridgehead atoms. The molecule has 0 aromatic carbocycles. The molecule has 4 nitrogen and oxygen atoms in total. The fraction of sp³-hybridized carbons (Fsp3) is 0.750. The first kappa shape index (κ1) is 10.9. The van der Waals surface area contributed by atoms with E-state index in [0.29, 0.717) is 13.0 Å². The van der Waals surface area contributed by atoms with Crippen molar-refractivity contribution in [2.45, 2.75) is 33.2 Å². The molecule has 0 aromatic rings. The molecular formula is C8H16N2O2. The average molecular weight is 172 g/mol. The number of amides is 2. The zero-order valence-electron chi connectivity index (χ0n) is 7.81. The predicted octanol–water partition coefficient (Wildman–Crippen LogP) is 0.673. The molecule has 2 N–H and O–H groups in total. The summed E-state index contributed by atoms with van der Waals surface area (Å²) in [5.74, 6) is 0.0832. The second-order valence-electron chi connectivity index (χ2n) is 3.01. The third-order valence-electron chi connectivity index (χ3n) is 1.18. The fourth-order valence-corrected chi connectivity index (χ4v) is 0.665. The molecule has 70 valence electrons. The molecular weight excluding hydrogens is 156 g/mol. The quantitative estimate of drug-likeness (QED) is 0.655. The van der Waals surface area contributed by atoms with Crippen LogP contribution in [0, 0.1) is 0 Å². The number of Topliss-reactive ketones (excluding diaryl/α,β-unsaturated/α-hetero) is 1. The highest BCUT2D eigenvalue weighted by Crippen LogP contribution is 1.80. The molecule has 0 radical (unpaired) electrons. The van der Waals surface area contributed by atoms with Crippen molar-refractivity contribution < 1.29 is 9.59 Å². The minimum atomic E-state index is -0.216. The minimum Gasteiger partial charge on any atom is -0.338 e. The third-order valence-corrected chi connectivity index (χ3v) is 1.18. The van der Waals surface area contributed by atoms with Gasteiger partial charge in [0.05, 0.1) is 0 Å². The van der Waals surface area contributed by atoms with Gasteiger partial charge in [0.1, 0.15) is 5.78 Å². The molecule has 12 heavy (non-hydrogen) atoms. The van der Waals surface area contributed by atoms with Gasteiger partial charge in [-0.15, -0.1) is 0 Å². The van der Waals surface area contributed by atoms with Gasteiger partial charge in [-0.25, -0.2) is 4.79 Å². The minimum absolute atomic E-state index is 0.0832. The monoisotopic (exact) mass is 172 g/mol. The highest BCUT2D eigenvalue weighted by atomic mass is 16.2. The Hall–Kier alpha value is -1.06. The Labute approximate surface area is 72.7 Å². The number of nitrogens with one attached hydrogen (secondary N) is 2. The smallest absolute Gasteiger partial charge is 0.314 e. The van der Waals surface area contributed by atoms with Crippen LogP contribution in [0.15, 0.2) is 0 Å². The molecule has 2 amide bonds. The van der Waals surface area contributed by atoms with Gasteiger partial charge in [0.25, 0.3) is 0 Å². The number of ketones is 1. The molecule has 0 spiro atoms. The van der Waals surface area contributed by atoms with Crippen molar-refractivity contribution in [3.8, 4) is 0 Å². The van der Waals surface area contributed by atoms with Crippen LogP contribution in [-0.2, 0) is 4.79 Å². The molecule has 0 saturated carbocycles. The summed E-state index contributed by atoms with van der Waals surface area (Å²) in [6, 6.07) is -0.0893. The van der Waals surface area contributed by atoms with Crippen molar-refractivity contribution >= 4 is 11.8 Å². The first-order chi connectivity index (χ1) is 5.52. The zero-order valence-corrected chi connectivity index (χ0v) is 7.81. The number of hydrogen-bond donors (Lipinski definition) is 2. The Morgan fingerprint density at radius 2 is 1.92 bits per heavy atom. The molecule has 0 atom stereocenters. The second kappa shape index (κ2) is 5.57. The zero-order chi connectivity index (χ0) is 9.56. The highest BCUT2D eigenvalue weighted by Gasteiger charge is 2.01. The van der Waals surface area contributed by atoms with Gasteiger partial charge in [-0.1, -0.05) is 0 Å². The van der Waals surface area contributed by atoms with Gasteiger partial charge in [-0.3, -0.25) is 4.79 Å². The highest BCUT2D eigenvalue weighted by molar-refractivity contribution is 5.77. The van der Waals surface area contributed by atoms with Crippen molar-refractivity contribution in [3.05, 3.63) is 0 Å². The molecule has 0 aliphatic rings. The van der Waals surface area contributed by atoms with Gasteiger partial charge in [-0.05, 0) is 20.8 Å². The maximum Gasteiger partial charge on any atom is 0.314 e. The standard InChI is InChI=1S/C8H16N2O2/c1-6(2)10-8(12)9-5-4-7(3)11/h6H,4-5H2,1-3H3,(H2,9,10,12). The Morgan fingerprint density at radius 1 is 1.33 bits per heavy atom. The molecule has 0 unspecified atom stereocenters. The summed E-state index contributed by atoms with van der Waals surface area (Å²) in [6.45, 7) is 5.67. The first-order valence-electron chi connectivity index (χ1n) is 4.06. The molecule has 0 aliphatic carbocycles. The molecule has 0 saturated heterocycles. The summed E-state index contributed by atoms with van der Waals surface area (Å²) < 4.78 is 0. The summed E-state index contributed by atoms with van der Waals surface area (Å²) >= 11 is 0. The predicted molar refractivity (Wildman–Crippen MR) is 47.0 cm³/mol. The van der Waals surface area contributed by atoms with Gasteiger partial charge in [0.2, 0.25) is 0 Å². The topological polar surface area (TPSA) is 58.2 Å². The van der Waals surface area contributed by atoms with E-state index in [2.05, 4.69) is 10.6 Å². The van der Waals surface area contributed by atoms with Crippen LogP contribution in [0.5, 0.6) is 0 Å². The molecule has 0 rings (SSSR count). The Kier molecular flexibility index (Phi) is 5.08. The van der Waals surface area contributed by atoms with E-state index in [0.717, 1.165) is 0 Å². The van der Waals surface area contributed by atoms with Crippen molar-refractivity contribution in [2.75, 3.05) is 6.54 Å². The number of carbonyl (C=O) groups excluding carboxylic acids is 2. The van der Waals surface area contributed by atoms with Crippen LogP contribution < -0.4 is 10.6 Å². The van der Waals surface area contributed by atoms with Crippen molar-refractivity contribution in [1.29, 1.82) is 0 Å². The Bertz CT molecular complexity index is 166. The Balaban J connectivity index is 3.38. The maximum absolute atomic E-state index is 10.9. The molecule has 4 heteroatoms. The lowest BCUT2D eigenvalue weighted by Crippen LogP contribution is -2.40. The van der Waals surface area contributed by atoms with Crippen LogP contribution >= 0.6 is 0 Å². The van der Waals surface area contributed by atoms with Gasteiger partial charge < -0.3 is 10.6 Å². The number of rotatable bonds is 4. The molecule has 0 aliphatic heterocycles. The van der Waals surface area contributed by atoms with Gasteiger partial charge in [0.15, 0.2) is 0 Å². The summed E-state index contributed by atoms with van der Waals surface area (Å²) in [7, 11) is 0. The van der Waals surface area contributed by atoms with E-state index < -0.39 is 0 Å². The normalized spacial score (nSPS) is 9.67. The Morgan fingerprint density at radius 3 is 2.33 bits per heavy atom. The van der Waals surface area contributed by atoms with E-state index in [1.54, 1.807) is 0 Å². The van der Waals surface area contributed by atoms with Crippen LogP contribution in [0.3, 0.4) is 0 Å². The van der Waals surface area contributed by atoms with Crippen molar-refractivity contribution in [2.24, 2.45) is 0 Å². The van der Waals surface area contributed by atoms with E-state index in [1.807, 2.05) is 13.8 Å². The number of hydrogen-bond acceptors (Lipinski definition) is 2. The van der Waals surface area contributed by atoms with E-state index >= 15 is 0 Å². The van der Waals surface area contributed by atoms with E-state index in [9.17, 15) is 9.59 Å². The average Bonchev–Trinajstić information content (AvgIpc) is 1.84. The van der Waals surface area contributed by atoms with Crippen molar-refractivity contribution in [3.63, 3.8) is 0 Å². The molecule has 0 aromatic heterocycles. The fourth-order valence-electron chi connectivity index (χ4n) is 0.665. The second-order valence-corrected chi connectivity index (χ2v) is 3.01. The summed E-state index contributed by atoms with van der Waals surface area (Å²) in [6.07, 6.45) is 0.394. The maximum atomic E-state index is 10.9. The van der Waals surface area contributed by atoms with Crippen LogP contribution in [0.1, 0.15) is 27.2 Å². The van der Waals surface area contributed by atoms with E-state index in [-0.39, 0.29) is 17.9 Å². The van der Waals surface area contributed by atoms with Crippen LogP contribution in [-0.4, -0.2) is 24.4 Å². The van der Waals surface area contributed by atoms with E-state index in [1.165, 1.54) is 6.92 Å². The lowest BCUT2D eigenvalue weighted by molar-refractivity contribution is -0.116. The third kappa shape index (κ3) is 7.05. The lowest BCUT2D eigenvalue weighted by Gasteiger charge is -2.08. The first-order valence-corrected chi connectivity index (χ1v) is 4.06. The van der Waals surface area contributed by atoms with Crippen LogP contribution in [0.4, 0.5) is 4.79 Å². The van der Waals surface area contributed by atoms with Gasteiger partial charge in [-0.2, -0.15) is 0 Å². The van der Waals surface area contributed by atoms with Crippen LogP contribution in [0.2, 0.25) is 0 Å². The summed E-state index contributed by atoms with van der Waals surface area (Å²) in [5.41, 5.74) is 0. The van der Waals surface area contributed by atoms with Crippen molar-refractivity contribution in [1.82, 2.24) is 10.6 Å².